The number of ether oxygens (including phenoxy) is 1. The molecule has 0 radical (unpaired) electrons. The van der Waals surface area contributed by atoms with Gasteiger partial charge in [-0.15, -0.1) is 6.58 Å². The van der Waals surface area contributed by atoms with Gasteiger partial charge >= 0.3 is 0 Å². The Bertz CT molecular complexity index is 1370. The predicted octanol–water partition coefficient (Wildman–Crippen LogP) is 5.84. The number of amides is 2. The lowest BCUT2D eigenvalue weighted by Crippen LogP contribution is -2.25. The third-order valence-electron chi connectivity index (χ3n) is 6.94. The van der Waals surface area contributed by atoms with E-state index >= 15 is 0 Å². The molecule has 0 spiro atoms. The highest BCUT2D eigenvalue weighted by atomic mass is 16.5. The second-order valence-corrected chi connectivity index (χ2v) is 11.0. The van der Waals surface area contributed by atoms with Crippen LogP contribution in [0.25, 0.3) is 0 Å². The third-order valence-corrected chi connectivity index (χ3v) is 6.94. The first-order valence-corrected chi connectivity index (χ1v) is 15.0. The molecule has 0 aliphatic carbocycles. The highest BCUT2D eigenvalue weighted by Gasteiger charge is 2.20. The van der Waals surface area contributed by atoms with E-state index in [-0.39, 0.29) is 35.7 Å². The number of benzene rings is 1. The van der Waals surface area contributed by atoms with Gasteiger partial charge in [-0.05, 0) is 63.1 Å². The van der Waals surface area contributed by atoms with E-state index < -0.39 is 5.60 Å². The zero-order valence-corrected chi connectivity index (χ0v) is 26.2. The summed E-state index contributed by atoms with van der Waals surface area (Å²) in [7, 11) is 3.51. The molecule has 0 aliphatic rings. The number of methoxy groups -OCH3 is 1. The number of hydrogen-bond acceptors (Lipinski definition) is 9. The fraction of sp³-hybridized carbons (Fsp3) is 0.424. The van der Waals surface area contributed by atoms with Crippen LogP contribution in [0.3, 0.4) is 0 Å². The number of pyridine rings is 1. The summed E-state index contributed by atoms with van der Waals surface area (Å²) in [5.41, 5.74) is 1.03. The van der Waals surface area contributed by atoms with E-state index in [1.165, 1.54) is 12.6 Å². The van der Waals surface area contributed by atoms with Gasteiger partial charge < -0.3 is 30.7 Å². The number of nitrogens with zero attached hydrogens (tertiary/aromatic N) is 4. The van der Waals surface area contributed by atoms with Gasteiger partial charge in [0.15, 0.2) is 0 Å². The maximum atomic E-state index is 12.8. The molecule has 0 unspecified atom stereocenters. The number of hydrogen-bond donors (Lipinski definition) is 4. The minimum absolute atomic E-state index is 0.0803. The third kappa shape index (κ3) is 10.7. The normalized spacial score (nSPS) is 11.1. The molecule has 3 aromatic rings. The van der Waals surface area contributed by atoms with E-state index in [2.05, 4.69) is 37.5 Å². The Kier molecular flexibility index (Phi) is 13.2. The Balaban J connectivity index is 1.66. The van der Waals surface area contributed by atoms with Crippen LogP contribution >= 0.6 is 0 Å². The number of rotatable bonds is 18. The minimum Gasteiger partial charge on any atom is -0.385 e. The molecule has 0 bridgehead atoms. The Labute approximate surface area is 260 Å². The second-order valence-electron chi connectivity index (χ2n) is 11.0. The molecule has 3 rings (SSSR count). The number of nitrogens with one attached hydrogen (secondary N) is 3. The first-order valence-electron chi connectivity index (χ1n) is 15.0. The zero-order valence-electron chi connectivity index (χ0n) is 26.2. The number of aliphatic hydroxyl groups is 1. The van der Waals surface area contributed by atoms with Gasteiger partial charge in [0.2, 0.25) is 11.9 Å². The monoisotopic (exact) mass is 603 g/mol. The van der Waals surface area contributed by atoms with Crippen LogP contribution in [0, 0.1) is 0 Å². The van der Waals surface area contributed by atoms with Gasteiger partial charge in [0.05, 0.1) is 5.69 Å². The summed E-state index contributed by atoms with van der Waals surface area (Å²) in [6.07, 6.45) is 9.98. The van der Waals surface area contributed by atoms with Crippen LogP contribution in [-0.2, 0) is 15.1 Å². The first kappa shape index (κ1) is 34.1. The second kappa shape index (κ2) is 17.1. The maximum Gasteiger partial charge on any atom is 0.256 e. The number of aromatic nitrogens is 3. The molecule has 0 aliphatic heterocycles. The number of anilines is 5. The predicted molar refractivity (Wildman–Crippen MR) is 175 cm³/mol. The summed E-state index contributed by atoms with van der Waals surface area (Å²) in [5.74, 6) is 0.604. The van der Waals surface area contributed by atoms with Crippen molar-refractivity contribution < 1.29 is 19.4 Å². The Morgan fingerprint density at radius 1 is 1.00 bits per heavy atom. The zero-order chi connectivity index (χ0) is 32.0. The lowest BCUT2D eigenvalue weighted by molar-refractivity contribution is -0.118. The molecule has 0 fully saturated rings. The van der Waals surface area contributed by atoms with E-state index in [4.69, 9.17) is 4.74 Å². The maximum absolute atomic E-state index is 12.8. The van der Waals surface area contributed by atoms with Gasteiger partial charge in [-0.25, -0.2) is 9.97 Å². The molecular formula is C33H45N7O4. The molecule has 236 valence electrons. The average molecular weight is 604 g/mol. The van der Waals surface area contributed by atoms with Crippen molar-refractivity contribution in [3.05, 3.63) is 72.6 Å². The van der Waals surface area contributed by atoms with E-state index in [1.807, 2.05) is 24.3 Å². The fourth-order valence-corrected chi connectivity index (χ4v) is 4.37. The molecule has 11 nitrogen and oxygen atoms in total. The van der Waals surface area contributed by atoms with Crippen molar-refractivity contribution in [2.45, 2.75) is 64.4 Å². The molecule has 4 N–H and O–H groups in total. The van der Waals surface area contributed by atoms with E-state index in [0.717, 1.165) is 44.4 Å². The summed E-state index contributed by atoms with van der Waals surface area (Å²) in [4.78, 5) is 40.6. The number of carbonyl (C=O) groups excluding carboxylic acids is 2. The SMILES string of the molecule is C=CCNC(=O)c1cnc(Nc2ccc(N(C)C(=O)CCCCCCCCOC)cc2)nc1Nc1cccc(C(C)(C)O)n1. The van der Waals surface area contributed by atoms with Gasteiger partial charge in [-0.1, -0.05) is 37.8 Å². The fourth-order valence-electron chi connectivity index (χ4n) is 4.37. The van der Waals surface area contributed by atoms with Crippen LogP contribution < -0.4 is 20.9 Å². The van der Waals surface area contributed by atoms with Crippen LogP contribution in [0.5, 0.6) is 0 Å². The highest BCUT2D eigenvalue weighted by Crippen LogP contribution is 2.25. The van der Waals surface area contributed by atoms with Crippen LogP contribution in [-0.4, -0.2) is 59.2 Å². The highest BCUT2D eigenvalue weighted by molar-refractivity contribution is 5.99. The van der Waals surface area contributed by atoms with Crippen molar-refractivity contribution in [1.82, 2.24) is 20.3 Å². The van der Waals surface area contributed by atoms with Crippen LogP contribution in [0.1, 0.15) is 74.8 Å². The van der Waals surface area contributed by atoms with Crippen molar-refractivity contribution in [2.75, 3.05) is 42.8 Å². The molecule has 0 saturated heterocycles. The van der Waals surface area contributed by atoms with Crippen molar-refractivity contribution in [3.63, 3.8) is 0 Å². The minimum atomic E-state index is -1.14. The average Bonchev–Trinajstić information content (AvgIpc) is 3.01. The Morgan fingerprint density at radius 3 is 2.39 bits per heavy atom. The summed E-state index contributed by atoms with van der Waals surface area (Å²) < 4.78 is 5.08. The van der Waals surface area contributed by atoms with E-state index in [9.17, 15) is 14.7 Å². The van der Waals surface area contributed by atoms with Crippen molar-refractivity contribution in [1.29, 1.82) is 0 Å². The van der Waals surface area contributed by atoms with Crippen LogP contribution in [0.15, 0.2) is 61.3 Å². The topological polar surface area (TPSA) is 142 Å². The number of carbonyl (C=O) groups is 2. The Morgan fingerprint density at radius 2 is 1.70 bits per heavy atom. The summed E-state index contributed by atoms with van der Waals surface area (Å²) in [5, 5.41) is 19.4. The van der Waals surface area contributed by atoms with Crippen molar-refractivity contribution in [3.8, 4) is 0 Å². The largest absolute Gasteiger partial charge is 0.385 e. The summed E-state index contributed by atoms with van der Waals surface area (Å²) >= 11 is 0. The smallest absolute Gasteiger partial charge is 0.256 e. The quantitative estimate of drug-likeness (QED) is 0.104. The van der Waals surface area contributed by atoms with E-state index in [0.29, 0.717) is 23.6 Å². The lowest BCUT2D eigenvalue weighted by Gasteiger charge is -2.18. The molecule has 2 aromatic heterocycles. The molecule has 1 aromatic carbocycles. The van der Waals surface area contributed by atoms with Crippen molar-refractivity contribution >= 4 is 40.8 Å². The number of unbranched alkanes of at least 4 members (excludes halogenated alkanes) is 5. The van der Waals surface area contributed by atoms with Gasteiger partial charge in [0, 0.05) is 51.3 Å². The molecule has 44 heavy (non-hydrogen) atoms. The lowest BCUT2D eigenvalue weighted by atomic mass is 10.1. The van der Waals surface area contributed by atoms with Gasteiger partial charge in [-0.2, -0.15) is 4.98 Å². The standard InChI is InChI=1S/C33H45N7O4/c1-6-21-34-31(42)26-23-35-32(39-30(26)38-28-15-13-14-27(37-28)33(2,3)43)36-24-17-19-25(20-18-24)40(4)29(41)16-11-9-7-8-10-12-22-44-5/h6,13-15,17-20,23,43H,1,7-12,16,21-22H2,2-5H3,(H,34,42)(H2,35,36,37,38,39). The summed E-state index contributed by atoms with van der Waals surface area (Å²) in [6.45, 7) is 8.02. The molecular weight excluding hydrogens is 558 g/mol. The van der Waals surface area contributed by atoms with Crippen molar-refractivity contribution in [2.24, 2.45) is 0 Å². The van der Waals surface area contributed by atoms with Gasteiger partial charge in [0.25, 0.3) is 5.91 Å². The van der Waals surface area contributed by atoms with E-state index in [1.54, 1.807) is 57.2 Å². The van der Waals surface area contributed by atoms with Crippen LogP contribution in [0.4, 0.5) is 29.0 Å². The molecule has 11 heteroatoms. The van der Waals surface area contributed by atoms with Crippen LogP contribution in [0.2, 0.25) is 0 Å². The summed E-state index contributed by atoms with van der Waals surface area (Å²) in [6, 6.07) is 12.6. The van der Waals surface area contributed by atoms with Gasteiger partial charge in [0.1, 0.15) is 22.8 Å². The molecule has 2 amide bonds. The molecule has 0 saturated carbocycles. The first-order chi connectivity index (χ1) is 21.1. The molecule has 2 heterocycles. The van der Waals surface area contributed by atoms with Gasteiger partial charge in [-0.3, -0.25) is 9.59 Å². The Hall–Kier alpha value is -4.35. The molecule has 0 atom stereocenters.